The third kappa shape index (κ3) is 6.22. The van der Waals surface area contributed by atoms with E-state index in [9.17, 15) is 9.90 Å². The van der Waals surface area contributed by atoms with Gasteiger partial charge in [-0.1, -0.05) is 85.8 Å². The van der Waals surface area contributed by atoms with E-state index in [1.807, 2.05) is 39.9 Å². The molecule has 0 aliphatic carbocycles. The summed E-state index contributed by atoms with van der Waals surface area (Å²) in [4.78, 5) is 17.8. The van der Waals surface area contributed by atoms with Gasteiger partial charge >= 0.3 is 5.97 Å². The molecule has 0 fully saturated rings. The number of hydrogen-bond acceptors (Lipinski definition) is 8. The van der Waals surface area contributed by atoms with Gasteiger partial charge in [-0.15, -0.1) is 10.6 Å². The maximum Gasteiger partial charge on any atom is 0.357 e. The summed E-state index contributed by atoms with van der Waals surface area (Å²) in [6.45, 7) is 8.46. The van der Waals surface area contributed by atoms with E-state index in [-0.39, 0.29) is 6.61 Å². The molecular weight excluding hydrogens is 528 g/mol. The Bertz CT molecular complexity index is 1560. The molecule has 0 saturated heterocycles. The molecule has 1 aromatic heterocycles. The third-order valence-electron chi connectivity index (χ3n) is 7.13. The Morgan fingerprint density at radius 3 is 2.24 bits per heavy atom. The molecule has 0 unspecified atom stereocenters. The van der Waals surface area contributed by atoms with Crippen LogP contribution in [0.15, 0.2) is 84.0 Å². The highest BCUT2D eigenvalue weighted by Crippen LogP contribution is 2.29. The van der Waals surface area contributed by atoms with Crippen molar-refractivity contribution >= 4 is 11.8 Å². The Hall–Kier alpha value is -4.47. The molecule has 4 aromatic rings. The second-order valence-electron chi connectivity index (χ2n) is 10.8. The average molecular weight is 567 g/mol. The molecule has 9 heteroatoms. The molecule has 9 nitrogen and oxygen atoms in total. The second kappa shape index (κ2) is 12.6. The number of rotatable bonds is 11. The van der Waals surface area contributed by atoms with Gasteiger partial charge in [-0.05, 0) is 49.4 Å². The molecule has 0 atom stereocenters. The van der Waals surface area contributed by atoms with Crippen molar-refractivity contribution in [2.75, 3.05) is 6.61 Å². The SMILES string of the molecule is CCCc1nc(C(C)(C)O)c(C(=O)OCC)n1Cc1ccc(-c2ccccc2C2=NNNN2Cc2ccccc2)cc1. The molecule has 2 heterocycles. The number of nitrogens with one attached hydrogen (secondary N) is 2. The van der Waals surface area contributed by atoms with Crippen LogP contribution in [0.25, 0.3) is 11.1 Å². The van der Waals surface area contributed by atoms with Gasteiger partial charge in [-0.2, -0.15) is 0 Å². The minimum Gasteiger partial charge on any atom is -0.461 e. The molecule has 0 radical (unpaired) electrons. The van der Waals surface area contributed by atoms with Crippen LogP contribution in [0.1, 0.15) is 72.8 Å². The summed E-state index contributed by atoms with van der Waals surface area (Å²) in [5.41, 5.74) is 10.7. The van der Waals surface area contributed by atoms with Crippen molar-refractivity contribution in [3.05, 3.63) is 113 Å². The number of benzene rings is 3. The van der Waals surface area contributed by atoms with Crippen LogP contribution < -0.4 is 11.1 Å². The molecule has 0 bridgehead atoms. The van der Waals surface area contributed by atoms with E-state index in [0.717, 1.165) is 40.3 Å². The molecule has 218 valence electrons. The summed E-state index contributed by atoms with van der Waals surface area (Å²) >= 11 is 0. The lowest BCUT2D eigenvalue weighted by Gasteiger charge is -2.21. The normalized spacial score (nSPS) is 13.2. The molecular formula is C33H38N6O3. The fourth-order valence-corrected chi connectivity index (χ4v) is 5.16. The lowest BCUT2D eigenvalue weighted by molar-refractivity contribution is 0.0469. The Morgan fingerprint density at radius 2 is 1.57 bits per heavy atom. The third-order valence-corrected chi connectivity index (χ3v) is 7.13. The number of carbonyl (C=O) groups is 1. The standard InChI is InChI=1S/C33H38N6O3/c1-5-12-28-34-30(33(3,4)41)29(32(40)42-6-2)38(28)21-24-17-19-25(20-18-24)26-15-10-11-16-27(26)31-35-36-37-39(31)22-23-13-8-7-9-14-23/h7-11,13-20,36-37,41H,5-6,12,21-22H2,1-4H3. The van der Waals surface area contributed by atoms with Gasteiger partial charge in [0.05, 0.1) is 13.2 Å². The summed E-state index contributed by atoms with van der Waals surface area (Å²) in [7, 11) is 0. The summed E-state index contributed by atoms with van der Waals surface area (Å²) in [5.74, 6) is 1.08. The van der Waals surface area contributed by atoms with Crippen LogP contribution >= 0.6 is 0 Å². The predicted octanol–water partition coefficient (Wildman–Crippen LogP) is 5.14. The monoisotopic (exact) mass is 566 g/mol. The van der Waals surface area contributed by atoms with E-state index in [0.29, 0.717) is 30.9 Å². The predicted molar refractivity (Wildman–Crippen MR) is 163 cm³/mol. The molecule has 0 spiro atoms. The number of ether oxygens (including phenoxy) is 1. The van der Waals surface area contributed by atoms with Crippen LogP contribution in [0.4, 0.5) is 0 Å². The van der Waals surface area contributed by atoms with E-state index in [2.05, 4.69) is 71.6 Å². The zero-order chi connectivity index (χ0) is 29.7. The summed E-state index contributed by atoms with van der Waals surface area (Å²) < 4.78 is 7.27. The van der Waals surface area contributed by atoms with Crippen molar-refractivity contribution < 1.29 is 14.6 Å². The topological polar surface area (TPSA) is 104 Å². The summed E-state index contributed by atoms with van der Waals surface area (Å²) in [6, 6.07) is 26.8. The number of hydrogen-bond donors (Lipinski definition) is 3. The first-order valence-electron chi connectivity index (χ1n) is 14.4. The number of hydrazone groups is 1. The Morgan fingerprint density at radius 1 is 0.905 bits per heavy atom. The van der Waals surface area contributed by atoms with E-state index in [1.54, 1.807) is 20.8 Å². The molecule has 5 rings (SSSR count). The average Bonchev–Trinajstić information content (AvgIpc) is 3.59. The fourth-order valence-electron chi connectivity index (χ4n) is 5.16. The highest BCUT2D eigenvalue weighted by molar-refractivity contribution is 6.04. The first-order valence-corrected chi connectivity index (χ1v) is 14.4. The van der Waals surface area contributed by atoms with Gasteiger partial charge in [0.25, 0.3) is 0 Å². The maximum absolute atomic E-state index is 13.1. The maximum atomic E-state index is 13.1. The van der Waals surface area contributed by atoms with E-state index < -0.39 is 11.6 Å². The van der Waals surface area contributed by atoms with Crippen molar-refractivity contribution in [2.24, 2.45) is 5.10 Å². The van der Waals surface area contributed by atoms with E-state index in [1.165, 1.54) is 5.56 Å². The number of aromatic nitrogens is 2. The number of aryl methyl sites for hydroxylation is 1. The highest BCUT2D eigenvalue weighted by Gasteiger charge is 2.32. The molecule has 1 aliphatic heterocycles. The van der Waals surface area contributed by atoms with Gasteiger partial charge in [0, 0.05) is 18.5 Å². The Balaban J connectivity index is 1.45. The smallest absolute Gasteiger partial charge is 0.357 e. The number of amidine groups is 1. The molecule has 1 aliphatic rings. The van der Waals surface area contributed by atoms with Crippen LogP contribution in [0.2, 0.25) is 0 Å². The zero-order valence-corrected chi connectivity index (χ0v) is 24.6. The molecule has 3 N–H and O–H groups in total. The van der Waals surface area contributed by atoms with Gasteiger partial charge in [0.2, 0.25) is 0 Å². The molecule has 42 heavy (non-hydrogen) atoms. The minimum atomic E-state index is -1.29. The quantitative estimate of drug-likeness (QED) is 0.216. The van der Waals surface area contributed by atoms with Crippen molar-refractivity contribution in [2.45, 2.75) is 59.2 Å². The number of hydrazine groups is 2. The van der Waals surface area contributed by atoms with Gasteiger partial charge in [0.1, 0.15) is 17.1 Å². The van der Waals surface area contributed by atoms with Crippen molar-refractivity contribution in [1.82, 2.24) is 25.6 Å². The second-order valence-corrected chi connectivity index (χ2v) is 10.8. The summed E-state index contributed by atoms with van der Waals surface area (Å²) in [6.07, 6.45) is 1.53. The first-order chi connectivity index (χ1) is 20.3. The molecule has 0 saturated carbocycles. The minimum absolute atomic E-state index is 0.242. The fraction of sp³-hybridized carbons (Fsp3) is 0.303. The van der Waals surface area contributed by atoms with Crippen LogP contribution in [0.3, 0.4) is 0 Å². The number of esters is 1. The largest absolute Gasteiger partial charge is 0.461 e. The van der Waals surface area contributed by atoms with Crippen molar-refractivity contribution in [1.29, 1.82) is 0 Å². The molecule has 3 aromatic carbocycles. The summed E-state index contributed by atoms with van der Waals surface area (Å²) in [5, 5.41) is 17.4. The van der Waals surface area contributed by atoms with Crippen LogP contribution in [0.5, 0.6) is 0 Å². The van der Waals surface area contributed by atoms with Crippen molar-refractivity contribution in [3.63, 3.8) is 0 Å². The number of nitrogens with zero attached hydrogens (tertiary/aromatic N) is 4. The molecule has 0 amide bonds. The number of imidazole rings is 1. The van der Waals surface area contributed by atoms with Gasteiger partial charge in [-0.3, -0.25) is 5.01 Å². The lowest BCUT2D eigenvalue weighted by Crippen LogP contribution is -2.40. The highest BCUT2D eigenvalue weighted by atomic mass is 16.5. The van der Waals surface area contributed by atoms with Crippen LogP contribution in [0, 0.1) is 0 Å². The number of aliphatic hydroxyl groups is 1. The van der Waals surface area contributed by atoms with Crippen LogP contribution in [-0.2, 0) is 29.8 Å². The lowest BCUT2D eigenvalue weighted by atomic mass is 9.97. The van der Waals surface area contributed by atoms with Gasteiger partial charge < -0.3 is 14.4 Å². The first kappa shape index (κ1) is 29.0. The Kier molecular flexibility index (Phi) is 8.70. The van der Waals surface area contributed by atoms with Crippen LogP contribution in [-0.4, -0.2) is 38.1 Å². The van der Waals surface area contributed by atoms with Gasteiger partial charge in [-0.25, -0.2) is 15.3 Å². The van der Waals surface area contributed by atoms with Gasteiger partial charge in [0.15, 0.2) is 11.5 Å². The Labute approximate surface area is 246 Å². The van der Waals surface area contributed by atoms with E-state index in [4.69, 9.17) is 9.72 Å². The zero-order valence-electron chi connectivity index (χ0n) is 24.6. The number of carbonyl (C=O) groups excluding carboxylic acids is 1. The van der Waals surface area contributed by atoms with Crippen molar-refractivity contribution in [3.8, 4) is 11.1 Å². The van der Waals surface area contributed by atoms with E-state index >= 15 is 0 Å².